The summed E-state index contributed by atoms with van der Waals surface area (Å²) in [5.74, 6) is -3.22. The summed E-state index contributed by atoms with van der Waals surface area (Å²) in [6, 6.07) is 7.27. The predicted molar refractivity (Wildman–Crippen MR) is 114 cm³/mol. The number of nitrogens with one attached hydrogen (secondary N) is 2. The topological polar surface area (TPSA) is 130 Å². The van der Waals surface area contributed by atoms with E-state index in [1.165, 1.54) is 11.3 Å². The van der Waals surface area contributed by atoms with Gasteiger partial charge in [0.25, 0.3) is 0 Å². The number of fused-ring (bicyclic) bond motifs is 4. The molecule has 2 N–H and O–H groups in total. The van der Waals surface area contributed by atoms with Crippen LogP contribution in [0.3, 0.4) is 0 Å². The average Bonchev–Trinajstić information content (AvgIpc) is 3.35. The lowest BCUT2D eigenvalue weighted by Crippen LogP contribution is -2.65. The van der Waals surface area contributed by atoms with Gasteiger partial charge in [-0.05, 0) is 44.0 Å². The van der Waals surface area contributed by atoms with Crippen LogP contribution in [0.1, 0.15) is 49.6 Å². The van der Waals surface area contributed by atoms with Crippen LogP contribution in [-0.2, 0) is 19.1 Å². The summed E-state index contributed by atoms with van der Waals surface area (Å²) in [6.45, 7) is 5.17. The number of urea groups is 1. The van der Waals surface area contributed by atoms with Crippen LogP contribution in [0.2, 0.25) is 0 Å². The quantitative estimate of drug-likeness (QED) is 0.527. The first kappa shape index (κ1) is 20.9. The van der Waals surface area contributed by atoms with Gasteiger partial charge in [-0.25, -0.2) is 9.59 Å². The van der Waals surface area contributed by atoms with E-state index < -0.39 is 52.8 Å². The zero-order valence-electron chi connectivity index (χ0n) is 18.2. The Balaban J connectivity index is 1.79. The fraction of sp³-hybridized carbons (Fsp3) is 0.348. The summed E-state index contributed by atoms with van der Waals surface area (Å²) >= 11 is 0. The van der Waals surface area contributed by atoms with Crippen LogP contribution >= 0.6 is 0 Å². The molecular formula is C23H22N4O6. The van der Waals surface area contributed by atoms with Gasteiger partial charge in [0.1, 0.15) is 11.4 Å². The molecule has 33 heavy (non-hydrogen) atoms. The monoisotopic (exact) mass is 450 g/mol. The predicted octanol–water partition coefficient (Wildman–Crippen LogP) is 1.83. The SMILES string of the molecule is CC(C)(C)OC(=O)[C@@H]1[C@H](c2ccco2)C2(C(=O)NC(=O)NC2=O)[C@@H]2c3ccccc3C=NN12. The lowest BCUT2D eigenvalue weighted by atomic mass is 9.65. The number of benzene rings is 1. The third kappa shape index (κ3) is 2.97. The molecule has 3 atom stereocenters. The molecule has 3 aliphatic heterocycles. The van der Waals surface area contributed by atoms with Gasteiger partial charge in [0.15, 0.2) is 11.5 Å². The Kier molecular flexibility index (Phi) is 4.45. The molecule has 1 spiro atoms. The van der Waals surface area contributed by atoms with Gasteiger partial charge in [0, 0.05) is 0 Å². The van der Waals surface area contributed by atoms with Crippen LogP contribution in [0.4, 0.5) is 4.79 Å². The number of hydrazone groups is 1. The van der Waals surface area contributed by atoms with Crippen molar-refractivity contribution in [3.05, 3.63) is 59.5 Å². The fourth-order valence-corrected chi connectivity index (χ4v) is 5.01. The molecular weight excluding hydrogens is 428 g/mol. The van der Waals surface area contributed by atoms with Gasteiger partial charge in [0.2, 0.25) is 11.8 Å². The number of hydrogen-bond acceptors (Lipinski definition) is 8. The average molecular weight is 450 g/mol. The highest BCUT2D eigenvalue weighted by Crippen LogP contribution is 2.60. The second-order valence-corrected chi connectivity index (χ2v) is 9.23. The normalized spacial score (nSPS) is 25.4. The molecule has 5 rings (SSSR count). The van der Waals surface area contributed by atoms with E-state index in [9.17, 15) is 19.2 Å². The van der Waals surface area contributed by atoms with Crippen LogP contribution in [0.15, 0.2) is 52.2 Å². The van der Waals surface area contributed by atoms with Gasteiger partial charge in [-0.15, -0.1) is 0 Å². The van der Waals surface area contributed by atoms with E-state index >= 15 is 0 Å². The zero-order valence-corrected chi connectivity index (χ0v) is 18.2. The number of barbiturate groups is 1. The largest absolute Gasteiger partial charge is 0.469 e. The maximum atomic E-state index is 13.6. The van der Waals surface area contributed by atoms with Crippen molar-refractivity contribution in [2.75, 3.05) is 0 Å². The van der Waals surface area contributed by atoms with Crippen molar-refractivity contribution in [1.82, 2.24) is 15.6 Å². The van der Waals surface area contributed by atoms with Gasteiger partial charge in [-0.3, -0.25) is 25.2 Å². The van der Waals surface area contributed by atoms with Crippen molar-refractivity contribution in [2.24, 2.45) is 10.5 Å². The number of esters is 1. The Labute approximate surface area is 188 Å². The molecule has 1 aromatic carbocycles. The number of rotatable bonds is 2. The molecule has 0 saturated carbocycles. The minimum Gasteiger partial charge on any atom is -0.469 e. The molecule has 0 unspecified atom stereocenters. The highest BCUT2D eigenvalue weighted by atomic mass is 16.6. The summed E-state index contributed by atoms with van der Waals surface area (Å²) in [6.07, 6.45) is 2.97. The number of carbonyl (C=O) groups excluding carboxylic acids is 4. The highest BCUT2D eigenvalue weighted by molar-refractivity contribution is 6.21. The Morgan fingerprint density at radius 2 is 1.79 bits per heavy atom. The highest BCUT2D eigenvalue weighted by Gasteiger charge is 2.73. The third-order valence-corrected chi connectivity index (χ3v) is 6.11. The number of nitrogens with zero attached hydrogens (tertiary/aromatic N) is 2. The number of furan rings is 1. The molecule has 0 radical (unpaired) electrons. The van der Waals surface area contributed by atoms with Crippen molar-refractivity contribution in [1.29, 1.82) is 0 Å². The maximum Gasteiger partial charge on any atom is 0.331 e. The Morgan fingerprint density at radius 1 is 1.09 bits per heavy atom. The Morgan fingerprint density at radius 3 is 2.42 bits per heavy atom. The van der Waals surface area contributed by atoms with E-state index in [-0.39, 0.29) is 5.76 Å². The fourth-order valence-electron chi connectivity index (χ4n) is 5.01. The molecule has 4 heterocycles. The summed E-state index contributed by atoms with van der Waals surface area (Å²) < 4.78 is 11.3. The zero-order chi connectivity index (χ0) is 23.5. The van der Waals surface area contributed by atoms with Gasteiger partial charge in [-0.2, -0.15) is 5.10 Å². The molecule has 170 valence electrons. The Bertz CT molecular complexity index is 1180. The van der Waals surface area contributed by atoms with Crippen LogP contribution in [0.25, 0.3) is 0 Å². The molecule has 0 aliphatic carbocycles. The van der Waals surface area contributed by atoms with Crippen LogP contribution in [0.5, 0.6) is 0 Å². The van der Waals surface area contributed by atoms with E-state index in [1.54, 1.807) is 57.3 Å². The van der Waals surface area contributed by atoms with Crippen LogP contribution in [-0.4, -0.2) is 46.7 Å². The van der Waals surface area contributed by atoms with Crippen molar-refractivity contribution in [3.63, 3.8) is 0 Å². The minimum absolute atomic E-state index is 0.229. The van der Waals surface area contributed by atoms with E-state index in [4.69, 9.17) is 9.15 Å². The smallest absolute Gasteiger partial charge is 0.331 e. The number of ether oxygens (including phenoxy) is 1. The van der Waals surface area contributed by atoms with Gasteiger partial charge in [0.05, 0.1) is 24.4 Å². The van der Waals surface area contributed by atoms with E-state index in [0.29, 0.717) is 11.1 Å². The van der Waals surface area contributed by atoms with Crippen LogP contribution < -0.4 is 10.6 Å². The molecule has 2 fully saturated rings. The first-order valence-corrected chi connectivity index (χ1v) is 10.5. The van der Waals surface area contributed by atoms with Crippen molar-refractivity contribution >= 4 is 30.0 Å². The molecule has 2 saturated heterocycles. The second kappa shape index (κ2) is 7.03. The number of imide groups is 2. The number of amides is 4. The van der Waals surface area contributed by atoms with E-state index in [1.807, 2.05) is 6.07 Å². The number of hydrogen-bond donors (Lipinski definition) is 2. The molecule has 1 aromatic heterocycles. The second-order valence-electron chi connectivity index (χ2n) is 9.23. The summed E-state index contributed by atoms with van der Waals surface area (Å²) in [5, 5.41) is 10.4. The van der Waals surface area contributed by atoms with Crippen LogP contribution in [0, 0.1) is 5.41 Å². The molecule has 10 nitrogen and oxygen atoms in total. The van der Waals surface area contributed by atoms with Gasteiger partial charge < -0.3 is 9.15 Å². The van der Waals surface area contributed by atoms with Crippen molar-refractivity contribution in [2.45, 2.75) is 44.4 Å². The molecule has 0 bridgehead atoms. The summed E-state index contributed by atoms with van der Waals surface area (Å²) in [7, 11) is 0. The van der Waals surface area contributed by atoms with E-state index in [0.717, 1.165) is 0 Å². The third-order valence-electron chi connectivity index (χ3n) is 6.11. The lowest BCUT2D eigenvalue weighted by Gasteiger charge is -2.40. The molecule has 4 amide bonds. The molecule has 2 aromatic rings. The van der Waals surface area contributed by atoms with Gasteiger partial charge in [-0.1, -0.05) is 24.3 Å². The maximum absolute atomic E-state index is 13.6. The lowest BCUT2D eigenvalue weighted by molar-refractivity contribution is -0.161. The molecule has 10 heteroatoms. The number of carbonyl (C=O) groups is 4. The first-order valence-electron chi connectivity index (χ1n) is 10.5. The van der Waals surface area contributed by atoms with Crippen molar-refractivity contribution < 1.29 is 28.3 Å². The Hall–Kier alpha value is -3.95. The van der Waals surface area contributed by atoms with Gasteiger partial charge >= 0.3 is 12.0 Å². The first-order chi connectivity index (χ1) is 15.6. The summed E-state index contributed by atoms with van der Waals surface area (Å²) in [4.78, 5) is 52.7. The minimum atomic E-state index is -1.93. The standard InChI is InChI=1S/C23H22N4O6/c1-22(2,3)33-18(28)16-15(14-9-6-10-32-14)23(19(29)25-21(31)26-20(23)30)17-13-8-5-4-7-12(13)11-24-27(16)17/h4-11,15-17H,1-3H3,(H2,25,26,29,30,31)/t15-,16-,17-/m0/s1. The summed E-state index contributed by atoms with van der Waals surface area (Å²) in [5.41, 5.74) is -1.45. The van der Waals surface area contributed by atoms with Crippen molar-refractivity contribution in [3.8, 4) is 0 Å². The molecule has 3 aliphatic rings. The van der Waals surface area contributed by atoms with E-state index in [2.05, 4.69) is 15.7 Å².